The minimum Gasteiger partial charge on any atom is -0.385 e. The number of sulfonamides is 1. The molecule has 1 saturated heterocycles. The highest BCUT2D eigenvalue weighted by Crippen LogP contribution is 2.32. The molecule has 0 bridgehead atoms. The Hall–Kier alpha value is -1.84. The van der Waals surface area contributed by atoms with E-state index >= 15 is 0 Å². The molecule has 2 aromatic rings. The van der Waals surface area contributed by atoms with E-state index in [9.17, 15) is 17.9 Å². The lowest BCUT2D eigenvalue weighted by Crippen LogP contribution is -3.15. The van der Waals surface area contributed by atoms with Gasteiger partial charge >= 0.3 is 0 Å². The fraction of sp³-hybridized carbons (Fsp3) is 0.478. The summed E-state index contributed by atoms with van der Waals surface area (Å²) in [5.41, 5.74) is 2.56. The smallest absolute Gasteiger partial charge is 0.243 e. The van der Waals surface area contributed by atoms with Gasteiger partial charge in [-0.05, 0) is 54.7 Å². The molecule has 2 atom stereocenters. The van der Waals surface area contributed by atoms with Crippen molar-refractivity contribution in [1.29, 1.82) is 0 Å². The van der Waals surface area contributed by atoms with Gasteiger partial charge in [0.05, 0.1) is 43.8 Å². The van der Waals surface area contributed by atoms with Crippen LogP contribution in [0.15, 0.2) is 53.4 Å². The first-order chi connectivity index (χ1) is 14.9. The number of nitrogens with one attached hydrogen (secondary N) is 1. The van der Waals surface area contributed by atoms with Gasteiger partial charge in [-0.25, -0.2) is 12.8 Å². The quantitative estimate of drug-likeness (QED) is 0.666. The number of piperazine rings is 1. The lowest BCUT2D eigenvalue weighted by atomic mass is 9.89. The van der Waals surface area contributed by atoms with E-state index in [1.165, 1.54) is 27.6 Å². The molecule has 0 amide bonds. The van der Waals surface area contributed by atoms with Gasteiger partial charge < -0.3 is 14.7 Å². The van der Waals surface area contributed by atoms with E-state index < -0.39 is 21.9 Å². The topological polar surface area (TPSA) is 71.3 Å². The van der Waals surface area contributed by atoms with Gasteiger partial charge in [-0.15, -0.1) is 0 Å². The summed E-state index contributed by atoms with van der Waals surface area (Å²) in [5, 5.41) is 10.5. The van der Waals surface area contributed by atoms with Crippen LogP contribution in [0.1, 0.15) is 30.1 Å². The van der Waals surface area contributed by atoms with Gasteiger partial charge in [0.2, 0.25) is 10.0 Å². The van der Waals surface area contributed by atoms with Crippen molar-refractivity contribution in [2.45, 2.75) is 36.4 Å². The molecule has 1 heterocycles. The molecule has 6 nitrogen and oxygen atoms in total. The number of aliphatic hydroxyl groups excluding tert-OH is 1. The van der Waals surface area contributed by atoms with Gasteiger partial charge in [-0.2, -0.15) is 4.31 Å². The third kappa shape index (κ3) is 5.32. The number of aryl methyl sites for hydroxylation is 1. The van der Waals surface area contributed by atoms with Crippen molar-refractivity contribution in [3.8, 4) is 0 Å². The maximum absolute atomic E-state index is 13.1. The minimum absolute atomic E-state index is 0.0345. The van der Waals surface area contributed by atoms with Crippen LogP contribution in [0.4, 0.5) is 4.39 Å². The Balaban J connectivity index is 1.25. The zero-order valence-electron chi connectivity index (χ0n) is 17.5. The van der Waals surface area contributed by atoms with E-state index in [-0.39, 0.29) is 17.6 Å². The highest BCUT2D eigenvalue weighted by atomic mass is 32.2. The van der Waals surface area contributed by atoms with Crippen molar-refractivity contribution in [1.82, 2.24) is 4.31 Å². The molecule has 1 fully saturated rings. The van der Waals surface area contributed by atoms with Crippen molar-refractivity contribution in [2.24, 2.45) is 0 Å². The summed E-state index contributed by atoms with van der Waals surface area (Å²) in [4.78, 5) is 1.27. The number of halogens is 1. The van der Waals surface area contributed by atoms with E-state index in [2.05, 4.69) is 18.2 Å². The molecule has 0 saturated carbocycles. The van der Waals surface area contributed by atoms with E-state index in [1.807, 2.05) is 6.07 Å². The molecule has 1 aliphatic carbocycles. The molecule has 31 heavy (non-hydrogen) atoms. The zero-order chi connectivity index (χ0) is 21.8. The van der Waals surface area contributed by atoms with Crippen molar-refractivity contribution in [2.75, 3.05) is 39.3 Å². The number of nitrogens with zero attached hydrogens (tertiary/aromatic N) is 1. The van der Waals surface area contributed by atoms with E-state index in [4.69, 9.17) is 4.74 Å². The van der Waals surface area contributed by atoms with E-state index in [0.29, 0.717) is 32.7 Å². The summed E-state index contributed by atoms with van der Waals surface area (Å²) >= 11 is 0. The molecular formula is C23H30FN2O4S+. The van der Waals surface area contributed by atoms with Crippen LogP contribution in [-0.4, -0.2) is 63.3 Å². The molecule has 2 N–H and O–H groups in total. The van der Waals surface area contributed by atoms with Crippen LogP contribution in [-0.2, 0) is 21.2 Å². The molecule has 0 radical (unpaired) electrons. The van der Waals surface area contributed by atoms with Crippen LogP contribution in [0.25, 0.3) is 0 Å². The molecule has 2 aromatic carbocycles. The summed E-state index contributed by atoms with van der Waals surface area (Å²) in [6, 6.07) is 13.3. The molecule has 168 valence electrons. The molecule has 0 unspecified atom stereocenters. The summed E-state index contributed by atoms with van der Waals surface area (Å²) in [7, 11) is -3.62. The van der Waals surface area contributed by atoms with Crippen molar-refractivity contribution >= 4 is 10.0 Å². The molecule has 0 aromatic heterocycles. The van der Waals surface area contributed by atoms with Crippen LogP contribution in [0.2, 0.25) is 0 Å². The first-order valence-electron chi connectivity index (χ1n) is 10.9. The lowest BCUT2D eigenvalue weighted by Gasteiger charge is -2.33. The average Bonchev–Trinajstić information content (AvgIpc) is 2.78. The number of hydrogen-bond acceptors (Lipinski definition) is 4. The predicted octanol–water partition coefficient (Wildman–Crippen LogP) is 1.17. The molecule has 0 spiro atoms. The first-order valence-corrected chi connectivity index (χ1v) is 12.3. The van der Waals surface area contributed by atoms with Crippen LogP contribution < -0.4 is 4.90 Å². The zero-order valence-corrected chi connectivity index (χ0v) is 18.4. The van der Waals surface area contributed by atoms with Gasteiger partial charge in [-0.3, -0.25) is 0 Å². The third-order valence-corrected chi connectivity index (χ3v) is 8.12. The fourth-order valence-electron chi connectivity index (χ4n) is 4.50. The Morgan fingerprint density at radius 1 is 1.13 bits per heavy atom. The van der Waals surface area contributed by atoms with Gasteiger partial charge in [-0.1, -0.05) is 24.3 Å². The number of rotatable bonds is 7. The second-order valence-electron chi connectivity index (χ2n) is 8.38. The first kappa shape index (κ1) is 22.4. The maximum atomic E-state index is 13.1. The van der Waals surface area contributed by atoms with Crippen molar-refractivity contribution in [3.63, 3.8) is 0 Å². The summed E-state index contributed by atoms with van der Waals surface area (Å²) in [5.74, 6) is -0.457. The van der Waals surface area contributed by atoms with E-state index in [1.54, 1.807) is 0 Å². The van der Waals surface area contributed by atoms with Crippen molar-refractivity contribution in [3.05, 3.63) is 65.5 Å². The Morgan fingerprint density at radius 3 is 2.58 bits per heavy atom. The second kappa shape index (κ2) is 9.75. The SMILES string of the molecule is O=S(=O)(c1ccc(F)cc1)N1CC[NH+](C[C@@H](O)CO[C@@H]2CCCc3ccccc32)CC1. The number of aliphatic hydroxyl groups is 1. The number of quaternary nitrogens is 1. The van der Waals surface area contributed by atoms with Crippen LogP contribution in [0, 0.1) is 5.82 Å². The Bertz CT molecular complexity index is 975. The normalized spacial score (nSPS) is 21.5. The number of hydrogen-bond donors (Lipinski definition) is 2. The Kier molecular flexibility index (Phi) is 7.03. The van der Waals surface area contributed by atoms with E-state index in [0.717, 1.165) is 36.3 Å². The molecular weight excluding hydrogens is 419 g/mol. The molecule has 1 aliphatic heterocycles. The summed E-state index contributed by atoms with van der Waals surface area (Å²) in [6.07, 6.45) is 2.58. The van der Waals surface area contributed by atoms with Gasteiger partial charge in [0, 0.05) is 0 Å². The number of fused-ring (bicyclic) bond motifs is 1. The Morgan fingerprint density at radius 2 is 1.84 bits per heavy atom. The monoisotopic (exact) mass is 449 g/mol. The third-order valence-electron chi connectivity index (χ3n) is 6.21. The van der Waals surface area contributed by atoms with Crippen LogP contribution >= 0.6 is 0 Å². The van der Waals surface area contributed by atoms with Crippen LogP contribution in [0.5, 0.6) is 0 Å². The highest BCUT2D eigenvalue weighted by Gasteiger charge is 2.31. The summed E-state index contributed by atoms with van der Waals surface area (Å²) < 4.78 is 46.1. The van der Waals surface area contributed by atoms with Gasteiger partial charge in [0.1, 0.15) is 18.5 Å². The standard InChI is InChI=1S/C23H29FN2O4S/c24-19-8-10-21(11-9-19)31(28,29)26-14-12-25(13-15-26)16-20(27)17-30-23-7-3-5-18-4-1-2-6-22(18)23/h1-2,4,6,8-11,20,23,27H,3,5,7,12-17H2/p+1/t20-,23-/m1/s1. The summed E-state index contributed by atoms with van der Waals surface area (Å²) in [6.45, 7) is 2.78. The molecule has 4 rings (SSSR count). The second-order valence-corrected chi connectivity index (χ2v) is 10.3. The largest absolute Gasteiger partial charge is 0.385 e. The van der Waals surface area contributed by atoms with Crippen molar-refractivity contribution < 1.29 is 27.6 Å². The number of benzene rings is 2. The number of ether oxygens (including phenoxy) is 1. The van der Waals surface area contributed by atoms with Crippen LogP contribution in [0.3, 0.4) is 0 Å². The highest BCUT2D eigenvalue weighted by molar-refractivity contribution is 7.89. The average molecular weight is 450 g/mol. The predicted molar refractivity (Wildman–Crippen MR) is 115 cm³/mol. The van der Waals surface area contributed by atoms with Gasteiger partial charge in [0.15, 0.2) is 0 Å². The Labute approximate surface area is 183 Å². The maximum Gasteiger partial charge on any atom is 0.243 e. The molecule has 8 heteroatoms. The van der Waals surface area contributed by atoms with Gasteiger partial charge in [0.25, 0.3) is 0 Å². The minimum atomic E-state index is -3.62. The molecule has 2 aliphatic rings. The lowest BCUT2D eigenvalue weighted by molar-refractivity contribution is -0.906. The fourth-order valence-corrected chi connectivity index (χ4v) is 5.95.